The first kappa shape index (κ1) is 63.7. The van der Waals surface area contributed by atoms with E-state index in [0.717, 1.165) is 73.5 Å². The van der Waals surface area contributed by atoms with Crippen LogP contribution in [-0.2, 0) is 14.1 Å². The van der Waals surface area contributed by atoms with Crippen molar-refractivity contribution in [1.29, 1.82) is 0 Å². The average molecular weight is 1210 g/mol. The maximum Gasteiger partial charge on any atom is 0.182 e. The number of hydrogen-bond acceptors (Lipinski definition) is 17. The molecule has 22 nitrogen and oxygen atoms in total. The number of pyridine rings is 3. The van der Waals surface area contributed by atoms with Gasteiger partial charge in [0.05, 0.1) is 46.2 Å². The highest BCUT2D eigenvalue weighted by molar-refractivity contribution is 5.85. The largest absolute Gasteiger partial charge is 0.348 e. The molecule has 0 aliphatic carbocycles. The van der Waals surface area contributed by atoms with Gasteiger partial charge in [-0.3, -0.25) is 15.1 Å². The summed E-state index contributed by atoms with van der Waals surface area (Å²) in [5.74, 6) is 3.29. The highest BCUT2D eigenvalue weighted by Gasteiger charge is 2.07. The molecule has 0 saturated carbocycles. The minimum Gasteiger partial charge on any atom is -0.348 e. The van der Waals surface area contributed by atoms with E-state index in [-0.39, 0.29) is 0 Å². The van der Waals surface area contributed by atoms with Crippen molar-refractivity contribution >= 4 is 61.1 Å². The van der Waals surface area contributed by atoms with Gasteiger partial charge >= 0.3 is 0 Å². The van der Waals surface area contributed by atoms with Crippen LogP contribution < -0.4 is 0 Å². The number of aromatic amines is 1. The van der Waals surface area contributed by atoms with Gasteiger partial charge in [-0.05, 0) is 147 Å². The minimum atomic E-state index is 0.653. The molecule has 0 spiro atoms. The Balaban J connectivity index is 0.000000123. The Hall–Kier alpha value is -11.8. The van der Waals surface area contributed by atoms with Gasteiger partial charge in [-0.25, -0.2) is 69.5 Å². The van der Waals surface area contributed by atoms with Crippen LogP contribution in [0.2, 0.25) is 0 Å². The topological polar surface area (TPSA) is 254 Å². The summed E-state index contributed by atoms with van der Waals surface area (Å²) in [7, 11) is 4.15. The van der Waals surface area contributed by atoms with Crippen molar-refractivity contribution < 1.29 is 0 Å². The van der Waals surface area contributed by atoms with Gasteiger partial charge in [-0.15, -0.1) is 0 Å². The number of benzene rings is 3. The van der Waals surface area contributed by atoms with Crippen LogP contribution >= 0.6 is 0 Å². The number of fused-ring (bicyclic) bond motifs is 6. The molecule has 91 heavy (non-hydrogen) atoms. The second-order valence-electron chi connectivity index (χ2n) is 20.8. The molecule has 0 atom stereocenters. The monoisotopic (exact) mass is 1210 g/mol. The number of aryl methyl sites for hydroxylation is 11. The molecule has 16 aromatic rings. The molecule has 0 bridgehead atoms. The highest BCUT2D eigenvalue weighted by atomic mass is 15.3. The molecule has 0 saturated heterocycles. The summed E-state index contributed by atoms with van der Waals surface area (Å²) in [5, 5.41) is 12.4. The number of rotatable bonds is 2. The highest BCUT2D eigenvalue weighted by Crippen LogP contribution is 2.23. The molecule has 0 amide bonds. The van der Waals surface area contributed by atoms with Gasteiger partial charge in [-0.2, -0.15) is 10.2 Å². The van der Waals surface area contributed by atoms with Crippen LogP contribution in [0.25, 0.3) is 78.2 Å². The van der Waals surface area contributed by atoms with Crippen LogP contribution in [-0.4, -0.2) is 108 Å². The standard InChI is InChI=1S/C11H13N.C10H10N2.C9H10N2.2C8H8N4.C8H7N3.C8H8N2.C7H6N4/c1-8-9(2)12(3)11-7-5-4-6-10(8)11;1-9-7-11-12(8-9)10-5-3-2-4-6-10;1-7-10-8-5-3-4-6-9(8)11(7)2;1-5-3-9-7-6(2)10-4-11-8(7)12-5;1-6-10-8(12-11-6)7-3-2-4-9-5-7;1-6-5-10-7-3-2-4-9-8(7)11-6;1-7-6-9-8-4-2-3-5-10(7)8;1-5-10-4-6-7(11-5)9-3-2-8-6/h4-7H,1-3H3;2-8H,1H3;3-6H,1-2H3;3-4H,1-2H3;2-5H,1H3,(H,10,11,12);2-5H,1H3;2-6H,1H3;2-4H,1H3. The van der Waals surface area contributed by atoms with E-state index in [4.69, 9.17) is 0 Å². The Morgan fingerprint density at radius 3 is 1.88 bits per heavy atom. The summed E-state index contributed by atoms with van der Waals surface area (Å²) in [6.07, 6.45) is 22.8. The Kier molecular flexibility index (Phi) is 21.5. The summed E-state index contributed by atoms with van der Waals surface area (Å²) in [6, 6.07) is 40.3. The van der Waals surface area contributed by atoms with E-state index in [0.29, 0.717) is 22.8 Å². The van der Waals surface area contributed by atoms with Crippen LogP contribution in [0.15, 0.2) is 202 Å². The zero-order valence-electron chi connectivity index (χ0n) is 52.9. The fourth-order valence-corrected chi connectivity index (χ4v) is 8.97. The lowest BCUT2D eigenvalue weighted by molar-refractivity contribution is 0.880. The molecular weight excluding hydrogens is 1140 g/mol. The Labute approximate surface area is 526 Å². The SMILES string of the molecule is Cc1c(C)n(C)c2ccccc12.Cc1cnc2c(C)ncnc2n1.Cc1cnc2ccccn12.Cc1cnc2cccnc2n1.Cc1cnn(-c2ccccc2)c1.Cc1nc(-c2cccnc2)n[nH]1.Cc1nc2ccccc2n1C.Cc1ncc2nccnc2n1. The minimum absolute atomic E-state index is 0.653. The molecular formula is C69H70N22. The first-order chi connectivity index (χ1) is 44.1. The quantitative estimate of drug-likeness (QED) is 0.169. The van der Waals surface area contributed by atoms with Crippen molar-refractivity contribution in [3.63, 3.8) is 0 Å². The molecule has 0 unspecified atom stereocenters. The molecule has 456 valence electrons. The summed E-state index contributed by atoms with van der Waals surface area (Å²) in [5.41, 5.74) is 18.8. The molecule has 16 rings (SSSR count). The van der Waals surface area contributed by atoms with Crippen molar-refractivity contribution in [3.05, 3.63) is 259 Å². The number of H-pyrrole nitrogens is 1. The second kappa shape index (κ2) is 30.7. The molecule has 13 aromatic heterocycles. The van der Waals surface area contributed by atoms with Gasteiger partial charge in [-0.1, -0.05) is 54.6 Å². The molecule has 22 heteroatoms. The van der Waals surface area contributed by atoms with Crippen LogP contribution in [0.5, 0.6) is 0 Å². The predicted molar refractivity (Wildman–Crippen MR) is 357 cm³/mol. The molecule has 0 fully saturated rings. The summed E-state index contributed by atoms with van der Waals surface area (Å²) in [4.78, 5) is 61.7. The van der Waals surface area contributed by atoms with Gasteiger partial charge < -0.3 is 13.5 Å². The van der Waals surface area contributed by atoms with Crippen molar-refractivity contribution in [2.75, 3.05) is 0 Å². The maximum absolute atomic E-state index is 4.38. The number of imidazole rings is 2. The lowest BCUT2D eigenvalue weighted by atomic mass is 10.2. The van der Waals surface area contributed by atoms with Crippen molar-refractivity contribution in [2.45, 2.75) is 69.2 Å². The molecule has 0 radical (unpaired) electrons. The smallest absolute Gasteiger partial charge is 0.182 e. The second-order valence-corrected chi connectivity index (χ2v) is 20.8. The van der Waals surface area contributed by atoms with E-state index in [1.54, 1.807) is 49.6 Å². The Morgan fingerprint density at radius 1 is 0.462 bits per heavy atom. The first-order valence-electron chi connectivity index (χ1n) is 29.1. The van der Waals surface area contributed by atoms with Crippen LogP contribution in [0.1, 0.15) is 57.1 Å². The molecule has 3 aromatic carbocycles. The fraction of sp³-hybridized carbons (Fsp3) is 0.174. The van der Waals surface area contributed by atoms with E-state index >= 15 is 0 Å². The normalized spacial score (nSPS) is 10.4. The summed E-state index contributed by atoms with van der Waals surface area (Å²) in [6.45, 7) is 19.8. The van der Waals surface area contributed by atoms with Crippen molar-refractivity contribution in [3.8, 4) is 17.1 Å². The van der Waals surface area contributed by atoms with Crippen LogP contribution in [0, 0.1) is 69.2 Å². The molecule has 1 N–H and O–H groups in total. The summed E-state index contributed by atoms with van der Waals surface area (Å²) < 4.78 is 8.26. The average Bonchev–Trinajstić information content (AvgIpc) is 1.99. The van der Waals surface area contributed by atoms with Gasteiger partial charge in [0.15, 0.2) is 22.8 Å². The summed E-state index contributed by atoms with van der Waals surface area (Å²) >= 11 is 0. The molecule has 13 heterocycles. The third-order valence-corrected chi connectivity index (χ3v) is 14.0. The Bertz CT molecular complexity index is 4760. The van der Waals surface area contributed by atoms with E-state index in [1.165, 1.54) is 45.3 Å². The van der Waals surface area contributed by atoms with E-state index < -0.39 is 0 Å². The number of aromatic nitrogens is 22. The van der Waals surface area contributed by atoms with E-state index in [1.807, 2.05) is 183 Å². The number of nitrogens with zero attached hydrogens (tertiary/aromatic N) is 21. The van der Waals surface area contributed by atoms with E-state index in [2.05, 4.69) is 155 Å². The number of para-hydroxylation sites is 4. The maximum atomic E-state index is 4.38. The number of hydrogen-bond donors (Lipinski definition) is 1. The van der Waals surface area contributed by atoms with Crippen molar-refractivity contribution in [1.82, 2.24) is 108 Å². The first-order valence-corrected chi connectivity index (χ1v) is 29.1. The van der Waals surface area contributed by atoms with Gasteiger partial charge in [0.1, 0.15) is 46.0 Å². The third kappa shape index (κ3) is 17.0. The lowest BCUT2D eigenvalue weighted by Gasteiger charge is -1.98. The zero-order chi connectivity index (χ0) is 64.2. The zero-order valence-corrected chi connectivity index (χ0v) is 52.9. The van der Waals surface area contributed by atoms with E-state index in [9.17, 15) is 0 Å². The Morgan fingerprint density at radius 2 is 1.15 bits per heavy atom. The van der Waals surface area contributed by atoms with Gasteiger partial charge in [0.25, 0.3) is 0 Å². The van der Waals surface area contributed by atoms with Crippen molar-refractivity contribution in [2.24, 2.45) is 14.1 Å². The molecule has 0 aliphatic rings. The van der Waals surface area contributed by atoms with Crippen LogP contribution in [0.4, 0.5) is 0 Å². The van der Waals surface area contributed by atoms with Gasteiger partial charge in [0, 0.05) is 104 Å². The third-order valence-electron chi connectivity index (χ3n) is 14.0. The fourth-order valence-electron chi connectivity index (χ4n) is 8.97. The van der Waals surface area contributed by atoms with Crippen LogP contribution in [0.3, 0.4) is 0 Å². The lowest BCUT2D eigenvalue weighted by Crippen LogP contribution is -1.94. The van der Waals surface area contributed by atoms with Gasteiger partial charge in [0.2, 0.25) is 0 Å². The molecule has 0 aliphatic heterocycles. The number of nitrogens with one attached hydrogen (secondary N) is 1. The predicted octanol–water partition coefficient (Wildman–Crippen LogP) is 12.8.